The molecule has 5 heteroatoms. The Kier molecular flexibility index (Phi) is 4.35. The van der Waals surface area contributed by atoms with Gasteiger partial charge in [-0.2, -0.15) is 0 Å². The summed E-state index contributed by atoms with van der Waals surface area (Å²) in [4.78, 5) is 4.07. The van der Waals surface area contributed by atoms with Crippen molar-refractivity contribution < 1.29 is 9.26 Å². The summed E-state index contributed by atoms with van der Waals surface area (Å²) < 4.78 is 11.2. The van der Waals surface area contributed by atoms with Gasteiger partial charge in [0.15, 0.2) is 5.76 Å². The van der Waals surface area contributed by atoms with Crippen LogP contribution in [0.5, 0.6) is 11.5 Å². The van der Waals surface area contributed by atoms with Gasteiger partial charge >= 0.3 is 0 Å². The van der Waals surface area contributed by atoms with Gasteiger partial charge in [0.2, 0.25) is 0 Å². The zero-order chi connectivity index (χ0) is 17.8. The van der Waals surface area contributed by atoms with E-state index in [2.05, 4.69) is 10.1 Å². The van der Waals surface area contributed by atoms with Gasteiger partial charge in [0.05, 0.1) is 11.3 Å². The topological polar surface area (TPSA) is 74.2 Å². The van der Waals surface area contributed by atoms with Crippen LogP contribution in [0.2, 0.25) is 0 Å². The van der Waals surface area contributed by atoms with Gasteiger partial charge in [-0.1, -0.05) is 35.5 Å². The van der Waals surface area contributed by atoms with Crippen molar-refractivity contribution in [2.75, 3.05) is 5.73 Å². The molecule has 26 heavy (non-hydrogen) atoms. The summed E-state index contributed by atoms with van der Waals surface area (Å²) in [6.07, 6.45) is 2.31. The van der Waals surface area contributed by atoms with Gasteiger partial charge in [-0.15, -0.1) is 0 Å². The fourth-order valence-electron chi connectivity index (χ4n) is 2.66. The molecule has 0 aliphatic rings. The number of hydrogen-bond donors (Lipinski definition) is 1. The summed E-state index contributed by atoms with van der Waals surface area (Å²) in [5.74, 6) is 2.66. The van der Waals surface area contributed by atoms with Crippen LogP contribution in [0.15, 0.2) is 83.5 Å². The molecule has 2 aromatic carbocycles. The van der Waals surface area contributed by atoms with Crippen molar-refractivity contribution >= 4 is 5.82 Å². The highest BCUT2D eigenvalue weighted by molar-refractivity contribution is 5.69. The van der Waals surface area contributed by atoms with E-state index < -0.39 is 0 Å². The molecule has 5 nitrogen and oxygen atoms in total. The third kappa shape index (κ3) is 3.57. The molecule has 4 aromatic rings. The average Bonchev–Trinajstić information content (AvgIpc) is 3.13. The molecule has 0 saturated heterocycles. The second-order valence-electron chi connectivity index (χ2n) is 5.85. The number of pyridine rings is 1. The highest BCUT2D eigenvalue weighted by atomic mass is 16.5. The molecule has 0 radical (unpaired) electrons. The lowest BCUT2D eigenvalue weighted by atomic mass is 10.1. The first-order chi connectivity index (χ1) is 12.8. The Morgan fingerprint density at radius 2 is 1.65 bits per heavy atom. The minimum atomic E-state index is 0.428. The van der Waals surface area contributed by atoms with Crippen LogP contribution in [0.3, 0.4) is 0 Å². The Hall–Kier alpha value is -3.60. The SMILES string of the molecule is Nc1ncccc1-c1cc(Cc2ccc(Oc3ccccc3)cc2)no1. The maximum absolute atomic E-state index is 5.88. The Morgan fingerprint density at radius 3 is 2.42 bits per heavy atom. The summed E-state index contributed by atoms with van der Waals surface area (Å²) in [5.41, 5.74) is 8.58. The minimum Gasteiger partial charge on any atom is -0.457 e. The molecule has 0 aliphatic heterocycles. The van der Waals surface area contributed by atoms with Crippen molar-refractivity contribution in [2.24, 2.45) is 0 Å². The van der Waals surface area contributed by atoms with Crippen LogP contribution < -0.4 is 10.5 Å². The second kappa shape index (κ2) is 7.11. The quantitative estimate of drug-likeness (QED) is 0.568. The van der Waals surface area contributed by atoms with Gasteiger partial charge < -0.3 is 15.0 Å². The monoisotopic (exact) mass is 343 g/mol. The standard InChI is InChI=1S/C21H17N3O2/c22-21-19(7-4-12-23-21)20-14-16(24-26-20)13-15-8-10-18(11-9-15)25-17-5-2-1-3-6-17/h1-12,14H,13H2,(H2,22,23). The minimum absolute atomic E-state index is 0.428. The van der Waals surface area contributed by atoms with Crippen LogP contribution in [-0.4, -0.2) is 10.1 Å². The lowest BCUT2D eigenvalue weighted by molar-refractivity contribution is 0.425. The first-order valence-electron chi connectivity index (χ1n) is 8.26. The normalized spacial score (nSPS) is 10.6. The third-order valence-electron chi connectivity index (χ3n) is 3.95. The molecule has 0 spiro atoms. The summed E-state index contributed by atoms with van der Waals surface area (Å²) in [6, 6.07) is 23.2. The summed E-state index contributed by atoms with van der Waals surface area (Å²) in [7, 11) is 0. The molecule has 4 rings (SSSR count). The Bertz CT molecular complexity index is 995. The maximum atomic E-state index is 5.88. The number of aromatic nitrogens is 2. The maximum Gasteiger partial charge on any atom is 0.170 e. The van der Waals surface area contributed by atoms with Crippen LogP contribution in [-0.2, 0) is 6.42 Å². The largest absolute Gasteiger partial charge is 0.457 e. The fourth-order valence-corrected chi connectivity index (χ4v) is 2.66. The highest BCUT2D eigenvalue weighted by Gasteiger charge is 2.10. The van der Waals surface area contributed by atoms with Crippen molar-refractivity contribution in [1.29, 1.82) is 0 Å². The molecule has 0 amide bonds. The number of ether oxygens (including phenoxy) is 1. The van der Waals surface area contributed by atoms with Crippen molar-refractivity contribution in [3.05, 3.63) is 90.3 Å². The average molecular weight is 343 g/mol. The van der Waals surface area contributed by atoms with Gasteiger partial charge in [-0.05, 0) is 42.0 Å². The van der Waals surface area contributed by atoms with Crippen LogP contribution in [0.1, 0.15) is 11.3 Å². The third-order valence-corrected chi connectivity index (χ3v) is 3.95. The van der Waals surface area contributed by atoms with Crippen LogP contribution >= 0.6 is 0 Å². The number of rotatable bonds is 5. The molecule has 0 saturated carbocycles. The predicted octanol–water partition coefficient (Wildman–Crippen LogP) is 4.70. The molecular weight excluding hydrogens is 326 g/mol. The molecule has 2 heterocycles. The summed E-state index contributed by atoms with van der Waals surface area (Å²) in [6.45, 7) is 0. The lowest BCUT2D eigenvalue weighted by Crippen LogP contribution is -1.92. The zero-order valence-electron chi connectivity index (χ0n) is 14.0. The van der Waals surface area contributed by atoms with Gasteiger partial charge in [0.25, 0.3) is 0 Å². The predicted molar refractivity (Wildman–Crippen MR) is 99.9 cm³/mol. The van der Waals surface area contributed by atoms with E-state index in [1.165, 1.54) is 0 Å². The summed E-state index contributed by atoms with van der Waals surface area (Å²) >= 11 is 0. The molecule has 0 unspecified atom stereocenters. The van der Waals surface area contributed by atoms with Crippen molar-refractivity contribution in [2.45, 2.75) is 6.42 Å². The molecule has 2 aromatic heterocycles. The van der Waals surface area contributed by atoms with E-state index >= 15 is 0 Å². The van der Waals surface area contributed by atoms with Gasteiger partial charge in [0, 0.05) is 18.7 Å². The van der Waals surface area contributed by atoms with Crippen LogP contribution in [0.25, 0.3) is 11.3 Å². The number of anilines is 1. The van der Waals surface area contributed by atoms with Gasteiger partial charge in [-0.25, -0.2) is 4.98 Å². The molecule has 0 aliphatic carbocycles. The Labute approximate surface area is 151 Å². The Balaban J connectivity index is 1.46. The lowest BCUT2D eigenvalue weighted by Gasteiger charge is -2.06. The number of nitrogens with zero attached hydrogens (tertiary/aromatic N) is 2. The number of para-hydroxylation sites is 1. The molecule has 0 atom stereocenters. The Morgan fingerprint density at radius 1 is 0.885 bits per heavy atom. The van der Waals surface area contributed by atoms with E-state index in [0.29, 0.717) is 18.0 Å². The molecular formula is C21H17N3O2. The number of nitrogens with two attached hydrogens (primary N) is 1. The van der Waals surface area contributed by atoms with E-state index in [-0.39, 0.29) is 0 Å². The van der Waals surface area contributed by atoms with Crippen molar-refractivity contribution in [1.82, 2.24) is 10.1 Å². The van der Waals surface area contributed by atoms with E-state index in [1.807, 2.05) is 72.8 Å². The van der Waals surface area contributed by atoms with E-state index in [0.717, 1.165) is 28.3 Å². The van der Waals surface area contributed by atoms with Crippen molar-refractivity contribution in [3.8, 4) is 22.8 Å². The summed E-state index contributed by atoms with van der Waals surface area (Å²) in [5, 5.41) is 4.13. The first-order valence-corrected chi connectivity index (χ1v) is 8.26. The molecule has 128 valence electrons. The smallest absolute Gasteiger partial charge is 0.170 e. The molecule has 2 N–H and O–H groups in total. The first kappa shape index (κ1) is 15.9. The van der Waals surface area contributed by atoms with E-state index in [4.69, 9.17) is 15.0 Å². The van der Waals surface area contributed by atoms with Gasteiger partial charge in [-0.3, -0.25) is 0 Å². The molecule has 0 fully saturated rings. The van der Waals surface area contributed by atoms with Gasteiger partial charge in [0.1, 0.15) is 17.3 Å². The van der Waals surface area contributed by atoms with Crippen molar-refractivity contribution in [3.63, 3.8) is 0 Å². The fraction of sp³-hybridized carbons (Fsp3) is 0.0476. The van der Waals surface area contributed by atoms with Crippen LogP contribution in [0.4, 0.5) is 5.82 Å². The second-order valence-corrected chi connectivity index (χ2v) is 5.85. The van der Waals surface area contributed by atoms with Crippen LogP contribution in [0, 0.1) is 0 Å². The number of nitrogen functional groups attached to an aromatic ring is 1. The molecule has 0 bridgehead atoms. The highest BCUT2D eigenvalue weighted by Crippen LogP contribution is 2.26. The zero-order valence-corrected chi connectivity index (χ0v) is 14.0. The number of benzene rings is 2. The van der Waals surface area contributed by atoms with E-state index in [9.17, 15) is 0 Å². The van der Waals surface area contributed by atoms with E-state index in [1.54, 1.807) is 6.20 Å². The number of hydrogen-bond acceptors (Lipinski definition) is 5.